The number of hydrogen-bond acceptors (Lipinski definition) is 6. The molecule has 1 amide bonds. The van der Waals surface area contributed by atoms with E-state index in [1.165, 1.54) is 17.4 Å². The van der Waals surface area contributed by atoms with Crippen molar-refractivity contribution >= 4 is 57.2 Å². The molecule has 3 aromatic heterocycles. The van der Waals surface area contributed by atoms with Gasteiger partial charge in [0, 0.05) is 39.4 Å². The fraction of sp³-hybridized carbons (Fsp3) is 0.120. The van der Waals surface area contributed by atoms with Gasteiger partial charge in [-0.2, -0.15) is 9.61 Å². The molecule has 0 unspecified atom stereocenters. The Bertz CT molecular complexity index is 1560. The maximum Gasteiger partial charge on any atom is 0.248 e. The van der Waals surface area contributed by atoms with Crippen LogP contribution in [0.4, 0.5) is 5.69 Å². The van der Waals surface area contributed by atoms with Crippen LogP contribution in [0.15, 0.2) is 59.0 Å². The van der Waals surface area contributed by atoms with Crippen molar-refractivity contribution in [3.63, 3.8) is 0 Å². The largest absolute Gasteiger partial charge is 0.457 e. The number of hydrogen-bond donors (Lipinski definition) is 1. The Morgan fingerprint density at radius 2 is 1.89 bits per heavy atom. The molecular weight excluding hydrogens is 505 g/mol. The van der Waals surface area contributed by atoms with Gasteiger partial charge in [0.1, 0.15) is 16.5 Å². The monoisotopic (exact) mass is 523 g/mol. The second-order valence-electron chi connectivity index (χ2n) is 7.78. The summed E-state index contributed by atoms with van der Waals surface area (Å²) in [6.07, 6.45) is 3.78. The number of aryl methyl sites for hydroxylation is 2. The van der Waals surface area contributed by atoms with E-state index in [9.17, 15) is 4.79 Å². The Morgan fingerprint density at radius 1 is 1.09 bits per heavy atom. The van der Waals surface area contributed by atoms with Gasteiger partial charge in [-0.25, -0.2) is 0 Å². The van der Waals surface area contributed by atoms with Crippen LogP contribution in [0.5, 0.6) is 0 Å². The van der Waals surface area contributed by atoms with Gasteiger partial charge in [0.25, 0.3) is 0 Å². The molecule has 0 saturated carbocycles. The van der Waals surface area contributed by atoms with Crippen LogP contribution in [0.3, 0.4) is 0 Å². The third kappa shape index (κ3) is 5.00. The van der Waals surface area contributed by atoms with Crippen LogP contribution in [0.2, 0.25) is 10.0 Å². The maximum atomic E-state index is 12.6. The lowest BCUT2D eigenvalue weighted by Crippen LogP contribution is -2.09. The summed E-state index contributed by atoms with van der Waals surface area (Å²) >= 11 is 13.6. The molecule has 0 aliphatic rings. The van der Waals surface area contributed by atoms with Gasteiger partial charge in [-0.05, 0) is 55.0 Å². The predicted molar refractivity (Wildman–Crippen MR) is 140 cm³/mol. The summed E-state index contributed by atoms with van der Waals surface area (Å²) in [5.41, 5.74) is 3.29. The van der Waals surface area contributed by atoms with Crippen molar-refractivity contribution in [3.8, 4) is 21.9 Å². The molecule has 0 fully saturated rings. The quantitative estimate of drug-likeness (QED) is 0.243. The Hall–Kier alpha value is -3.46. The van der Waals surface area contributed by atoms with Crippen molar-refractivity contribution in [1.29, 1.82) is 0 Å². The van der Waals surface area contributed by atoms with Crippen molar-refractivity contribution in [1.82, 2.24) is 19.8 Å². The van der Waals surface area contributed by atoms with Gasteiger partial charge in [-0.15, -0.1) is 10.2 Å². The van der Waals surface area contributed by atoms with Gasteiger partial charge in [0.15, 0.2) is 5.82 Å². The van der Waals surface area contributed by atoms with Crippen molar-refractivity contribution in [2.45, 2.75) is 20.3 Å². The van der Waals surface area contributed by atoms with Crippen LogP contribution >= 0.6 is 34.5 Å². The first-order chi connectivity index (χ1) is 16.9. The molecule has 7 nitrogen and oxygen atoms in total. The first-order valence-corrected chi connectivity index (χ1v) is 12.3. The number of carbonyl (C=O) groups is 1. The number of anilines is 1. The van der Waals surface area contributed by atoms with E-state index in [1.807, 2.05) is 32.0 Å². The topological polar surface area (TPSA) is 85.3 Å². The third-order valence-electron chi connectivity index (χ3n) is 5.29. The standard InChI is InChI=1S/C25H19Cl2N5O2S/c1-3-22-29-30-25-32(22)31-24(35-25)15-5-4-14(2)20(12-15)28-23(33)9-7-19-6-8-21(34-19)16-10-17(26)13-18(27)11-16/h4-13H,3H2,1-2H3,(H,28,33)/b9-7+. The average molecular weight is 524 g/mol. The van der Waals surface area contributed by atoms with E-state index in [1.54, 1.807) is 40.9 Å². The molecule has 35 heavy (non-hydrogen) atoms. The highest BCUT2D eigenvalue weighted by molar-refractivity contribution is 7.19. The van der Waals surface area contributed by atoms with E-state index < -0.39 is 0 Å². The fourth-order valence-electron chi connectivity index (χ4n) is 3.51. The predicted octanol–water partition coefficient (Wildman–Crippen LogP) is 6.94. The normalized spacial score (nSPS) is 11.5. The number of rotatable bonds is 6. The van der Waals surface area contributed by atoms with Gasteiger partial charge in [0.05, 0.1) is 0 Å². The van der Waals surface area contributed by atoms with Gasteiger partial charge in [0.2, 0.25) is 10.9 Å². The smallest absolute Gasteiger partial charge is 0.248 e. The van der Waals surface area contributed by atoms with E-state index in [0.717, 1.165) is 38.9 Å². The van der Waals surface area contributed by atoms with Crippen LogP contribution in [-0.4, -0.2) is 25.7 Å². The number of nitrogens with zero attached hydrogens (tertiary/aromatic N) is 4. The number of nitrogens with one attached hydrogen (secondary N) is 1. The summed E-state index contributed by atoms with van der Waals surface area (Å²) in [6.45, 7) is 3.95. The molecule has 10 heteroatoms. The number of benzene rings is 2. The van der Waals surface area contributed by atoms with Gasteiger partial charge < -0.3 is 9.73 Å². The lowest BCUT2D eigenvalue weighted by Gasteiger charge is -2.08. The summed E-state index contributed by atoms with van der Waals surface area (Å²) in [5.74, 6) is 1.67. The zero-order valence-electron chi connectivity index (χ0n) is 18.8. The second-order valence-corrected chi connectivity index (χ2v) is 9.61. The number of aromatic nitrogens is 4. The molecule has 0 radical (unpaired) electrons. The van der Waals surface area contributed by atoms with E-state index in [4.69, 9.17) is 27.6 Å². The highest BCUT2D eigenvalue weighted by Gasteiger charge is 2.13. The Morgan fingerprint density at radius 3 is 2.66 bits per heavy atom. The molecule has 5 aromatic rings. The fourth-order valence-corrected chi connectivity index (χ4v) is 4.89. The van der Waals surface area contributed by atoms with Crippen LogP contribution in [-0.2, 0) is 11.2 Å². The van der Waals surface area contributed by atoms with Crippen LogP contribution < -0.4 is 5.32 Å². The van der Waals surface area contributed by atoms with Crippen molar-refractivity contribution in [2.24, 2.45) is 0 Å². The highest BCUT2D eigenvalue weighted by atomic mass is 35.5. The number of amides is 1. The summed E-state index contributed by atoms with van der Waals surface area (Å²) in [4.78, 5) is 13.4. The lowest BCUT2D eigenvalue weighted by molar-refractivity contribution is -0.111. The summed E-state index contributed by atoms with van der Waals surface area (Å²) in [5, 5.41) is 17.7. The highest BCUT2D eigenvalue weighted by Crippen LogP contribution is 2.30. The molecule has 0 bridgehead atoms. The molecule has 2 aromatic carbocycles. The molecule has 3 heterocycles. The van der Waals surface area contributed by atoms with Crippen molar-refractivity contribution in [3.05, 3.63) is 81.8 Å². The molecule has 0 aliphatic heterocycles. The molecule has 5 rings (SSSR count). The summed E-state index contributed by atoms with van der Waals surface area (Å²) < 4.78 is 7.58. The minimum atomic E-state index is -0.277. The number of furan rings is 1. The summed E-state index contributed by atoms with van der Waals surface area (Å²) in [6, 6.07) is 14.6. The number of halogens is 2. The molecule has 0 aliphatic carbocycles. The second kappa shape index (κ2) is 9.65. The van der Waals surface area contributed by atoms with Crippen molar-refractivity contribution < 1.29 is 9.21 Å². The van der Waals surface area contributed by atoms with Crippen LogP contribution in [0.25, 0.3) is 32.9 Å². The third-order valence-corrected chi connectivity index (χ3v) is 6.67. The minimum absolute atomic E-state index is 0.277. The molecule has 0 atom stereocenters. The van der Waals surface area contributed by atoms with E-state index >= 15 is 0 Å². The summed E-state index contributed by atoms with van der Waals surface area (Å²) in [7, 11) is 0. The van der Waals surface area contributed by atoms with Gasteiger partial charge in [-0.3, -0.25) is 4.79 Å². The van der Waals surface area contributed by atoms with Gasteiger partial charge in [-0.1, -0.05) is 53.6 Å². The Labute approximate surface area is 215 Å². The van der Waals surface area contributed by atoms with E-state index in [2.05, 4.69) is 20.6 Å². The molecule has 0 saturated heterocycles. The SMILES string of the molecule is CCc1nnc2sc(-c3ccc(C)c(NC(=O)/C=C/c4ccc(-c5cc(Cl)cc(Cl)c5)o4)c3)nn12. The Kier molecular flexibility index (Phi) is 6.42. The van der Waals surface area contributed by atoms with Crippen LogP contribution in [0, 0.1) is 6.92 Å². The molecule has 176 valence electrons. The van der Waals surface area contributed by atoms with E-state index in [-0.39, 0.29) is 5.91 Å². The van der Waals surface area contributed by atoms with E-state index in [0.29, 0.717) is 27.3 Å². The zero-order chi connectivity index (χ0) is 24.5. The lowest BCUT2D eigenvalue weighted by atomic mass is 10.1. The molecule has 1 N–H and O–H groups in total. The minimum Gasteiger partial charge on any atom is -0.457 e. The molecular formula is C25H19Cl2N5O2S. The zero-order valence-corrected chi connectivity index (χ0v) is 21.1. The Balaban J connectivity index is 1.31. The van der Waals surface area contributed by atoms with Gasteiger partial charge >= 0.3 is 0 Å². The number of carbonyl (C=O) groups excluding carboxylic acids is 1. The number of fused-ring (bicyclic) bond motifs is 1. The van der Waals surface area contributed by atoms with Crippen LogP contribution in [0.1, 0.15) is 24.1 Å². The first kappa shape index (κ1) is 23.3. The molecule has 0 spiro atoms. The maximum absolute atomic E-state index is 12.6. The average Bonchev–Trinajstić information content (AvgIpc) is 3.54. The first-order valence-electron chi connectivity index (χ1n) is 10.8. The van der Waals surface area contributed by atoms with Crippen molar-refractivity contribution in [2.75, 3.05) is 5.32 Å².